The van der Waals surface area contributed by atoms with Gasteiger partial charge in [0.25, 0.3) is 0 Å². The molecule has 266 valence electrons. The van der Waals surface area contributed by atoms with Crippen molar-refractivity contribution in [3.05, 3.63) is 220 Å². The van der Waals surface area contributed by atoms with E-state index in [0.717, 1.165) is 0 Å². The lowest BCUT2D eigenvalue weighted by Gasteiger charge is -2.32. The van der Waals surface area contributed by atoms with Gasteiger partial charge in [-0.15, -0.1) is 0 Å². The van der Waals surface area contributed by atoms with Gasteiger partial charge >= 0.3 is 0 Å². The Morgan fingerprint density at radius 2 is 0.714 bits per heavy atom. The van der Waals surface area contributed by atoms with Crippen LogP contribution in [-0.2, 0) is 16.2 Å². The summed E-state index contributed by atoms with van der Waals surface area (Å²) in [4.78, 5) is 2.56. The molecule has 0 fully saturated rings. The summed E-state index contributed by atoms with van der Waals surface area (Å²) in [6.45, 7) is 9.52. The smallest absolute Gasteiger partial charge is 0.0725 e. The summed E-state index contributed by atoms with van der Waals surface area (Å²) in [5, 5.41) is 0. The fourth-order valence-corrected chi connectivity index (χ4v) is 11.4. The molecule has 1 heteroatoms. The SMILES string of the molecule is CC1(C)c2ccccc2-c2ccc(N(c3ccc4c(c3)-c3ccccc3C43c4ccccc4-c4ccccc43)c3cccc4c3-c3ccccc3C4(C)C)cc21. The first-order valence-electron chi connectivity index (χ1n) is 20.0. The van der Waals surface area contributed by atoms with Gasteiger partial charge in [0.1, 0.15) is 0 Å². The molecule has 0 radical (unpaired) electrons. The minimum Gasteiger partial charge on any atom is -0.310 e. The highest BCUT2D eigenvalue weighted by Crippen LogP contribution is 2.64. The Morgan fingerprint density at radius 3 is 1.34 bits per heavy atom. The van der Waals surface area contributed by atoms with E-state index in [0.29, 0.717) is 0 Å². The number of benzene rings is 8. The Morgan fingerprint density at radius 1 is 0.304 bits per heavy atom. The quantitative estimate of drug-likeness (QED) is 0.176. The maximum absolute atomic E-state index is 2.56. The average molecular weight is 716 g/mol. The van der Waals surface area contributed by atoms with Crippen molar-refractivity contribution in [2.75, 3.05) is 4.90 Å². The molecule has 0 N–H and O–H groups in total. The molecule has 0 aliphatic heterocycles. The van der Waals surface area contributed by atoms with Crippen molar-refractivity contribution in [1.29, 1.82) is 0 Å². The number of fused-ring (bicyclic) bond motifs is 16. The number of hydrogen-bond acceptors (Lipinski definition) is 1. The van der Waals surface area contributed by atoms with Crippen molar-refractivity contribution in [1.82, 2.24) is 0 Å². The van der Waals surface area contributed by atoms with Crippen molar-refractivity contribution < 1.29 is 0 Å². The molecule has 0 saturated carbocycles. The predicted octanol–water partition coefficient (Wildman–Crippen LogP) is 14.1. The second-order valence-electron chi connectivity index (χ2n) is 17.2. The van der Waals surface area contributed by atoms with Gasteiger partial charge in [-0.2, -0.15) is 0 Å². The highest BCUT2D eigenvalue weighted by molar-refractivity contribution is 5.99. The standard InChI is InChI=1S/C55H41N/c1-53(2)44-22-11-9-20-41(44)52-49(53)26-15-27-51(52)56(35-28-30-40-36-16-5-10-21-43(36)54(3,4)50(40)33-35)34-29-31-48-42(32-34)39-19-8-14-25-47(39)55(48)45-23-12-6-17-37(45)38-18-7-13-24-46(38)55/h5-33H,1-4H3. The summed E-state index contributed by atoms with van der Waals surface area (Å²) in [6, 6.07) is 66.8. The van der Waals surface area contributed by atoms with E-state index in [9.17, 15) is 0 Å². The minimum absolute atomic E-state index is 0.109. The van der Waals surface area contributed by atoms with Gasteiger partial charge in [-0.1, -0.05) is 173 Å². The van der Waals surface area contributed by atoms with Crippen LogP contribution in [0.4, 0.5) is 17.1 Å². The Balaban J connectivity index is 1.14. The molecule has 0 saturated heterocycles. The molecule has 12 rings (SSSR count). The van der Waals surface area contributed by atoms with Crippen molar-refractivity contribution in [3.8, 4) is 44.5 Å². The third-order valence-electron chi connectivity index (χ3n) is 13.9. The Bertz CT molecular complexity index is 2950. The van der Waals surface area contributed by atoms with Crippen LogP contribution < -0.4 is 4.90 Å². The molecule has 0 atom stereocenters. The van der Waals surface area contributed by atoms with E-state index in [1.807, 2.05) is 0 Å². The fraction of sp³-hybridized carbons (Fsp3) is 0.127. The molecule has 56 heavy (non-hydrogen) atoms. The lowest BCUT2D eigenvalue weighted by Crippen LogP contribution is -2.25. The molecular formula is C55H41N. The summed E-state index contributed by atoms with van der Waals surface area (Å²) in [7, 11) is 0. The second-order valence-corrected chi connectivity index (χ2v) is 17.2. The number of rotatable bonds is 3. The zero-order valence-corrected chi connectivity index (χ0v) is 32.2. The van der Waals surface area contributed by atoms with Crippen LogP contribution in [-0.4, -0.2) is 0 Å². The summed E-state index contributed by atoms with van der Waals surface area (Å²) in [5.74, 6) is 0. The van der Waals surface area contributed by atoms with Crippen LogP contribution in [0, 0.1) is 0 Å². The third kappa shape index (κ3) is 3.81. The molecule has 0 amide bonds. The fourth-order valence-electron chi connectivity index (χ4n) is 11.4. The number of nitrogens with zero attached hydrogens (tertiary/aromatic N) is 1. The van der Waals surface area contributed by atoms with E-state index in [2.05, 4.69) is 209 Å². The van der Waals surface area contributed by atoms with E-state index >= 15 is 0 Å². The molecule has 0 heterocycles. The number of anilines is 3. The van der Waals surface area contributed by atoms with Crippen LogP contribution in [0.3, 0.4) is 0 Å². The van der Waals surface area contributed by atoms with E-state index in [4.69, 9.17) is 0 Å². The van der Waals surface area contributed by atoms with Gasteiger partial charge in [0.05, 0.1) is 11.1 Å². The molecular weight excluding hydrogens is 675 g/mol. The highest BCUT2D eigenvalue weighted by atomic mass is 15.1. The Hall–Kier alpha value is -6.44. The minimum atomic E-state index is -0.372. The van der Waals surface area contributed by atoms with Gasteiger partial charge in [0.2, 0.25) is 0 Å². The van der Waals surface area contributed by atoms with Gasteiger partial charge in [0, 0.05) is 27.8 Å². The first-order valence-corrected chi connectivity index (χ1v) is 20.0. The molecule has 8 aromatic carbocycles. The average Bonchev–Trinajstić information content (AvgIpc) is 3.87. The molecule has 1 spiro atoms. The Labute approximate surface area is 329 Å². The Kier molecular flexibility index (Phi) is 6.18. The van der Waals surface area contributed by atoms with E-state index in [1.165, 1.54) is 106 Å². The van der Waals surface area contributed by atoms with E-state index < -0.39 is 0 Å². The first-order chi connectivity index (χ1) is 27.3. The monoisotopic (exact) mass is 715 g/mol. The number of hydrogen-bond donors (Lipinski definition) is 0. The van der Waals surface area contributed by atoms with Crippen LogP contribution in [0.25, 0.3) is 44.5 Å². The van der Waals surface area contributed by atoms with Gasteiger partial charge in [-0.25, -0.2) is 0 Å². The normalized spacial score (nSPS) is 15.9. The maximum atomic E-state index is 2.56. The first kappa shape index (κ1) is 31.9. The highest BCUT2D eigenvalue weighted by Gasteiger charge is 2.51. The van der Waals surface area contributed by atoms with Gasteiger partial charge in [-0.3, -0.25) is 0 Å². The van der Waals surface area contributed by atoms with Crippen molar-refractivity contribution in [2.45, 2.75) is 43.9 Å². The second kappa shape index (κ2) is 10.9. The van der Waals surface area contributed by atoms with Crippen molar-refractivity contribution >= 4 is 17.1 Å². The summed E-state index contributed by atoms with van der Waals surface area (Å²) >= 11 is 0. The molecule has 1 nitrogen and oxygen atoms in total. The zero-order chi connectivity index (χ0) is 37.6. The molecule has 0 unspecified atom stereocenters. The predicted molar refractivity (Wildman–Crippen MR) is 233 cm³/mol. The third-order valence-corrected chi connectivity index (χ3v) is 13.9. The summed E-state index contributed by atoms with van der Waals surface area (Å²) in [5.41, 5.74) is 24.6. The van der Waals surface area contributed by atoms with Crippen molar-refractivity contribution in [2.24, 2.45) is 0 Å². The lowest BCUT2D eigenvalue weighted by atomic mass is 9.70. The van der Waals surface area contributed by atoms with Crippen LogP contribution in [0.15, 0.2) is 176 Å². The zero-order valence-electron chi connectivity index (χ0n) is 32.2. The summed E-state index contributed by atoms with van der Waals surface area (Å²) in [6.07, 6.45) is 0. The molecule has 0 aromatic heterocycles. The van der Waals surface area contributed by atoms with E-state index in [1.54, 1.807) is 0 Å². The molecule has 4 aliphatic rings. The largest absolute Gasteiger partial charge is 0.310 e. The van der Waals surface area contributed by atoms with Gasteiger partial charge in [-0.05, 0) is 114 Å². The van der Waals surface area contributed by atoms with E-state index in [-0.39, 0.29) is 16.2 Å². The molecule has 4 aliphatic carbocycles. The van der Waals surface area contributed by atoms with Crippen LogP contribution in [0.1, 0.15) is 72.2 Å². The molecule has 8 aromatic rings. The van der Waals surface area contributed by atoms with Crippen molar-refractivity contribution in [3.63, 3.8) is 0 Å². The topological polar surface area (TPSA) is 3.24 Å². The lowest BCUT2D eigenvalue weighted by molar-refractivity contribution is 0.660. The van der Waals surface area contributed by atoms with Crippen LogP contribution in [0.5, 0.6) is 0 Å². The van der Waals surface area contributed by atoms with Gasteiger partial charge < -0.3 is 4.90 Å². The summed E-state index contributed by atoms with van der Waals surface area (Å²) < 4.78 is 0. The maximum Gasteiger partial charge on any atom is 0.0725 e. The van der Waals surface area contributed by atoms with Crippen LogP contribution >= 0.6 is 0 Å². The van der Waals surface area contributed by atoms with Crippen LogP contribution in [0.2, 0.25) is 0 Å². The molecule has 0 bridgehead atoms. The van der Waals surface area contributed by atoms with Gasteiger partial charge in [0.15, 0.2) is 0 Å².